The summed E-state index contributed by atoms with van der Waals surface area (Å²) in [4.78, 5) is 31.0. The topological polar surface area (TPSA) is 80.1 Å². The van der Waals surface area contributed by atoms with Crippen LogP contribution >= 0.6 is 0 Å². The van der Waals surface area contributed by atoms with Crippen LogP contribution < -0.4 is 5.32 Å². The molecule has 3 aromatic rings. The average molecular weight is 383 g/mol. The highest BCUT2D eigenvalue weighted by atomic mass is 19.1. The number of halogens is 1. The van der Waals surface area contributed by atoms with Crippen LogP contribution in [-0.2, 0) is 4.79 Å². The Labute approximate surface area is 162 Å². The van der Waals surface area contributed by atoms with Crippen LogP contribution in [0.5, 0.6) is 0 Å². The molecule has 8 heteroatoms. The predicted molar refractivity (Wildman–Crippen MR) is 105 cm³/mol. The average Bonchev–Trinajstić information content (AvgIpc) is 3.06. The van der Waals surface area contributed by atoms with Crippen molar-refractivity contribution in [1.82, 2.24) is 19.7 Å². The largest absolute Gasteiger partial charge is 0.332 e. The molecular weight excluding hydrogens is 361 g/mol. The SMILES string of the molecule is Cc1cc(C(=O)N(C)CC(=O)Nc2ccc(F)cc2)c2cnn(C(C)C)c2n1. The fourth-order valence-electron chi connectivity index (χ4n) is 2.92. The number of carbonyl (C=O) groups is 2. The summed E-state index contributed by atoms with van der Waals surface area (Å²) in [6.07, 6.45) is 1.63. The number of hydrogen-bond donors (Lipinski definition) is 1. The number of aromatic nitrogens is 3. The standard InChI is InChI=1S/C20H22FN5O2/c1-12(2)26-19-17(10-22-26)16(9-13(3)23-19)20(28)25(4)11-18(27)24-15-7-5-14(21)6-8-15/h5-10,12H,11H2,1-4H3,(H,24,27). The van der Waals surface area contributed by atoms with Gasteiger partial charge in [0.25, 0.3) is 5.91 Å². The van der Waals surface area contributed by atoms with E-state index >= 15 is 0 Å². The third kappa shape index (κ3) is 4.00. The Hall–Kier alpha value is -3.29. The molecule has 2 aromatic heterocycles. The first-order chi connectivity index (χ1) is 13.3. The summed E-state index contributed by atoms with van der Waals surface area (Å²) >= 11 is 0. The van der Waals surface area contributed by atoms with Crippen molar-refractivity contribution in [1.29, 1.82) is 0 Å². The van der Waals surface area contributed by atoms with Crippen molar-refractivity contribution in [3.63, 3.8) is 0 Å². The number of pyridine rings is 1. The highest BCUT2D eigenvalue weighted by Crippen LogP contribution is 2.22. The molecule has 146 valence electrons. The number of anilines is 1. The van der Waals surface area contributed by atoms with Gasteiger partial charge in [-0.15, -0.1) is 0 Å². The molecule has 0 aliphatic rings. The number of carbonyl (C=O) groups excluding carboxylic acids is 2. The minimum absolute atomic E-state index is 0.106. The monoisotopic (exact) mass is 383 g/mol. The summed E-state index contributed by atoms with van der Waals surface area (Å²) in [5.41, 5.74) is 2.25. The van der Waals surface area contributed by atoms with Gasteiger partial charge in [-0.25, -0.2) is 14.1 Å². The normalized spacial score (nSPS) is 11.1. The molecule has 2 heterocycles. The molecule has 0 radical (unpaired) electrons. The quantitative estimate of drug-likeness (QED) is 0.734. The summed E-state index contributed by atoms with van der Waals surface area (Å²) in [5.74, 6) is -1.06. The van der Waals surface area contributed by atoms with Crippen molar-refractivity contribution >= 4 is 28.5 Å². The fourth-order valence-corrected chi connectivity index (χ4v) is 2.92. The molecule has 2 amide bonds. The molecule has 7 nitrogen and oxygen atoms in total. The van der Waals surface area contributed by atoms with Crippen molar-refractivity contribution in [3.8, 4) is 0 Å². The van der Waals surface area contributed by atoms with E-state index in [9.17, 15) is 14.0 Å². The number of fused-ring (bicyclic) bond motifs is 1. The van der Waals surface area contributed by atoms with Gasteiger partial charge in [-0.1, -0.05) is 0 Å². The Bertz CT molecular complexity index is 1030. The van der Waals surface area contributed by atoms with E-state index in [1.54, 1.807) is 24.0 Å². The zero-order valence-corrected chi connectivity index (χ0v) is 16.2. The maximum Gasteiger partial charge on any atom is 0.254 e. The maximum atomic E-state index is 13.0. The minimum atomic E-state index is -0.385. The van der Waals surface area contributed by atoms with Gasteiger partial charge in [0.05, 0.1) is 23.7 Å². The zero-order valence-electron chi connectivity index (χ0n) is 16.2. The molecule has 28 heavy (non-hydrogen) atoms. The van der Waals surface area contributed by atoms with Crippen LogP contribution in [0.25, 0.3) is 11.0 Å². The van der Waals surface area contributed by atoms with Gasteiger partial charge in [0.15, 0.2) is 5.65 Å². The van der Waals surface area contributed by atoms with Crippen molar-refractivity contribution < 1.29 is 14.0 Å². The molecule has 0 unspecified atom stereocenters. The van der Waals surface area contributed by atoms with E-state index in [2.05, 4.69) is 15.4 Å². The predicted octanol–water partition coefficient (Wildman–Crippen LogP) is 3.17. The minimum Gasteiger partial charge on any atom is -0.332 e. The smallest absolute Gasteiger partial charge is 0.254 e. The number of nitrogens with one attached hydrogen (secondary N) is 1. The summed E-state index contributed by atoms with van der Waals surface area (Å²) in [6.45, 7) is 5.65. The summed E-state index contributed by atoms with van der Waals surface area (Å²) in [6, 6.07) is 7.25. The van der Waals surface area contributed by atoms with Gasteiger partial charge in [-0.2, -0.15) is 5.10 Å². The molecule has 0 saturated heterocycles. The Morgan fingerprint density at radius 3 is 2.57 bits per heavy atom. The molecular formula is C20H22FN5O2. The van der Waals surface area contributed by atoms with Crippen LogP contribution in [0.1, 0.15) is 35.9 Å². The highest BCUT2D eigenvalue weighted by molar-refractivity contribution is 6.07. The van der Waals surface area contributed by atoms with Crippen LogP contribution in [0, 0.1) is 12.7 Å². The molecule has 0 atom stereocenters. The van der Waals surface area contributed by atoms with Gasteiger partial charge in [0.1, 0.15) is 5.82 Å². The Balaban J connectivity index is 1.79. The molecule has 3 rings (SSSR count). The molecule has 0 saturated carbocycles. The van der Waals surface area contributed by atoms with E-state index in [0.29, 0.717) is 28.0 Å². The Morgan fingerprint density at radius 2 is 1.93 bits per heavy atom. The van der Waals surface area contributed by atoms with Gasteiger partial charge in [0, 0.05) is 24.5 Å². The molecule has 0 fully saturated rings. The molecule has 0 spiro atoms. The highest BCUT2D eigenvalue weighted by Gasteiger charge is 2.21. The van der Waals surface area contributed by atoms with Crippen LogP contribution in [0.3, 0.4) is 0 Å². The molecule has 0 bridgehead atoms. The first-order valence-electron chi connectivity index (χ1n) is 8.92. The molecule has 1 aromatic carbocycles. The number of hydrogen-bond acceptors (Lipinski definition) is 4. The zero-order chi connectivity index (χ0) is 20.4. The van der Waals surface area contributed by atoms with E-state index in [1.807, 2.05) is 20.8 Å². The summed E-state index contributed by atoms with van der Waals surface area (Å²) in [5, 5.41) is 7.63. The van der Waals surface area contributed by atoms with Crippen molar-refractivity contribution in [3.05, 3.63) is 53.6 Å². The van der Waals surface area contributed by atoms with E-state index in [0.717, 1.165) is 0 Å². The number of nitrogens with zero attached hydrogens (tertiary/aromatic N) is 4. The fraction of sp³-hybridized carbons (Fsp3) is 0.300. The van der Waals surface area contributed by atoms with Gasteiger partial charge in [-0.3, -0.25) is 9.59 Å². The lowest BCUT2D eigenvalue weighted by Crippen LogP contribution is -2.35. The van der Waals surface area contributed by atoms with E-state index in [4.69, 9.17) is 0 Å². The maximum absolute atomic E-state index is 13.0. The number of aryl methyl sites for hydroxylation is 1. The van der Waals surface area contributed by atoms with E-state index < -0.39 is 0 Å². The summed E-state index contributed by atoms with van der Waals surface area (Å²) < 4.78 is 14.7. The number of rotatable bonds is 5. The molecule has 1 N–H and O–H groups in total. The van der Waals surface area contributed by atoms with E-state index in [1.165, 1.54) is 29.2 Å². The first kappa shape index (κ1) is 19.5. The van der Waals surface area contributed by atoms with Crippen molar-refractivity contribution in [2.24, 2.45) is 0 Å². The van der Waals surface area contributed by atoms with Gasteiger partial charge < -0.3 is 10.2 Å². The third-order valence-electron chi connectivity index (χ3n) is 4.27. The second kappa shape index (κ2) is 7.75. The number of amides is 2. The number of likely N-dealkylation sites (N-methyl/N-ethyl adjacent to an activating group) is 1. The second-order valence-electron chi connectivity index (χ2n) is 6.95. The first-order valence-corrected chi connectivity index (χ1v) is 8.92. The van der Waals surface area contributed by atoms with Crippen molar-refractivity contribution in [2.75, 3.05) is 18.9 Å². The van der Waals surface area contributed by atoms with E-state index in [-0.39, 0.29) is 30.2 Å². The van der Waals surface area contributed by atoms with Gasteiger partial charge in [0.2, 0.25) is 5.91 Å². The lowest BCUT2D eigenvalue weighted by Gasteiger charge is -2.18. The van der Waals surface area contributed by atoms with Crippen molar-refractivity contribution in [2.45, 2.75) is 26.8 Å². The van der Waals surface area contributed by atoms with Crippen LogP contribution in [0.4, 0.5) is 10.1 Å². The van der Waals surface area contributed by atoms with Crippen LogP contribution in [0.15, 0.2) is 36.5 Å². The second-order valence-corrected chi connectivity index (χ2v) is 6.95. The summed E-state index contributed by atoms with van der Waals surface area (Å²) in [7, 11) is 1.56. The van der Waals surface area contributed by atoms with Gasteiger partial charge >= 0.3 is 0 Å². The lowest BCUT2D eigenvalue weighted by molar-refractivity contribution is -0.116. The molecule has 0 aliphatic heterocycles. The van der Waals surface area contributed by atoms with Gasteiger partial charge in [-0.05, 0) is 51.1 Å². The van der Waals surface area contributed by atoms with Crippen LogP contribution in [0.2, 0.25) is 0 Å². The third-order valence-corrected chi connectivity index (χ3v) is 4.27. The lowest BCUT2D eigenvalue weighted by atomic mass is 10.1. The number of benzene rings is 1. The molecule has 0 aliphatic carbocycles. The Morgan fingerprint density at radius 1 is 1.25 bits per heavy atom. The van der Waals surface area contributed by atoms with Crippen LogP contribution in [-0.4, -0.2) is 45.1 Å². The Kier molecular flexibility index (Phi) is 5.39.